The summed E-state index contributed by atoms with van der Waals surface area (Å²) in [5, 5.41) is 4.36. The van der Waals surface area contributed by atoms with Crippen LogP contribution in [0.1, 0.15) is 85.6 Å². The van der Waals surface area contributed by atoms with Crippen molar-refractivity contribution >= 4 is 27.7 Å². The zero-order valence-corrected chi connectivity index (χ0v) is 26.3. The number of nitrogens with zero attached hydrogens (tertiary/aromatic N) is 1. The van der Waals surface area contributed by atoms with Gasteiger partial charge in [-0.05, 0) is 89.5 Å². The molecule has 1 heterocycles. The smallest absolute Gasteiger partial charge is 0.303 e. The summed E-state index contributed by atoms with van der Waals surface area (Å²) in [4.78, 5) is 25.6. The number of hydrogen-bond donors (Lipinski definition) is 1. The molecule has 1 aliphatic heterocycles. The van der Waals surface area contributed by atoms with Crippen LogP contribution in [0.2, 0.25) is 0 Å². The Morgan fingerprint density at radius 1 is 1.17 bits per heavy atom. The molecule has 0 bridgehead atoms. The molecule has 3 atom stereocenters. The molecule has 41 heavy (non-hydrogen) atoms. The minimum Gasteiger partial charge on any atom is -0.462 e. The van der Waals surface area contributed by atoms with Gasteiger partial charge in [0, 0.05) is 26.0 Å². The van der Waals surface area contributed by atoms with Gasteiger partial charge in [0.15, 0.2) is 0 Å². The van der Waals surface area contributed by atoms with Gasteiger partial charge in [0.05, 0.1) is 11.5 Å². The first-order valence-electron chi connectivity index (χ1n) is 14.1. The number of sulfonamides is 1. The fraction of sp³-hybridized carbons (Fsp3) is 0.581. The van der Waals surface area contributed by atoms with Crippen molar-refractivity contribution in [3.63, 3.8) is 0 Å². The van der Waals surface area contributed by atoms with Crippen LogP contribution >= 0.6 is 0 Å². The van der Waals surface area contributed by atoms with E-state index in [0.717, 1.165) is 35.3 Å². The van der Waals surface area contributed by atoms with E-state index in [2.05, 4.69) is 9.93 Å². The Balaban J connectivity index is 2.13. The van der Waals surface area contributed by atoms with Crippen molar-refractivity contribution in [3.05, 3.63) is 53.1 Å². The van der Waals surface area contributed by atoms with Crippen molar-refractivity contribution in [3.8, 4) is 0 Å². The highest BCUT2D eigenvalue weighted by Gasteiger charge is 2.39. The molecule has 1 fully saturated rings. The van der Waals surface area contributed by atoms with Crippen LogP contribution in [-0.4, -0.2) is 51.0 Å². The standard InChI is InChI=1S/C31H46N2O7S/c1-22(2)10-16-29(32-33-41(36,37)28-14-11-23(3)12-15-28)24(4)9-8-19-31(7)30(40-26(6)35)17-13-27(21-39-31)18-20-38-25(5)34/h10-12,14-15,18,24,30,33H,8-9,13,16-17,19-21H2,1-7H3/b27-18+,32-29-/t24?,30-,31?/m1/s1. The first-order valence-corrected chi connectivity index (χ1v) is 15.6. The third-order valence-electron chi connectivity index (χ3n) is 7.20. The average molecular weight is 591 g/mol. The minimum atomic E-state index is -3.79. The van der Waals surface area contributed by atoms with Crippen LogP contribution in [0.4, 0.5) is 0 Å². The van der Waals surface area contributed by atoms with E-state index in [0.29, 0.717) is 32.3 Å². The quantitative estimate of drug-likeness (QED) is 0.134. The lowest BCUT2D eigenvalue weighted by atomic mass is 9.87. The van der Waals surface area contributed by atoms with E-state index in [-0.39, 0.29) is 29.4 Å². The third-order valence-corrected chi connectivity index (χ3v) is 8.43. The molecule has 0 amide bonds. The SMILES string of the molecule is CC(=O)OC/C=C1\CC[C@@H](OC(C)=O)C(C)(CCCC(C)/C(CC=C(C)C)=N\NS(=O)(=O)c2ccc(C)cc2)OC1. The van der Waals surface area contributed by atoms with Gasteiger partial charge in [0.1, 0.15) is 18.3 Å². The molecule has 228 valence electrons. The molecule has 1 N–H and O–H groups in total. The van der Waals surface area contributed by atoms with Crippen molar-refractivity contribution < 1.29 is 32.2 Å². The van der Waals surface area contributed by atoms with E-state index in [4.69, 9.17) is 14.2 Å². The lowest BCUT2D eigenvalue weighted by Gasteiger charge is -2.35. The highest BCUT2D eigenvalue weighted by atomic mass is 32.2. The fourth-order valence-corrected chi connectivity index (χ4v) is 5.42. The third kappa shape index (κ3) is 11.8. The molecule has 1 aromatic carbocycles. The summed E-state index contributed by atoms with van der Waals surface area (Å²) in [7, 11) is -3.79. The zero-order valence-electron chi connectivity index (χ0n) is 25.5. The van der Waals surface area contributed by atoms with Crippen molar-refractivity contribution in [1.82, 2.24) is 4.83 Å². The lowest BCUT2D eigenvalue weighted by molar-refractivity contribution is -0.167. The van der Waals surface area contributed by atoms with Gasteiger partial charge in [0.2, 0.25) is 0 Å². The summed E-state index contributed by atoms with van der Waals surface area (Å²) < 4.78 is 42.7. The lowest BCUT2D eigenvalue weighted by Crippen LogP contribution is -2.43. The topological polar surface area (TPSA) is 120 Å². The Morgan fingerprint density at radius 3 is 2.46 bits per heavy atom. The number of ether oxygens (including phenoxy) is 3. The van der Waals surface area contributed by atoms with Gasteiger partial charge in [-0.2, -0.15) is 13.5 Å². The van der Waals surface area contributed by atoms with E-state index in [1.165, 1.54) is 13.8 Å². The predicted octanol–water partition coefficient (Wildman–Crippen LogP) is 5.78. The molecule has 1 saturated heterocycles. The number of aryl methyl sites for hydroxylation is 1. The van der Waals surface area contributed by atoms with Crippen LogP contribution in [0, 0.1) is 12.8 Å². The van der Waals surface area contributed by atoms with Gasteiger partial charge in [-0.25, -0.2) is 4.83 Å². The molecular formula is C31H46N2O7S. The zero-order chi connectivity index (χ0) is 30.6. The summed E-state index contributed by atoms with van der Waals surface area (Å²) in [6, 6.07) is 6.64. The number of carbonyl (C=O) groups excluding carboxylic acids is 2. The summed E-state index contributed by atoms with van der Waals surface area (Å²) in [6.07, 6.45) is 7.39. The predicted molar refractivity (Wildman–Crippen MR) is 160 cm³/mol. The maximum absolute atomic E-state index is 12.8. The highest BCUT2D eigenvalue weighted by Crippen LogP contribution is 2.34. The highest BCUT2D eigenvalue weighted by molar-refractivity contribution is 7.89. The number of hydrogen-bond acceptors (Lipinski definition) is 8. The number of carbonyl (C=O) groups is 2. The van der Waals surface area contributed by atoms with Crippen molar-refractivity contribution in [2.75, 3.05) is 13.2 Å². The molecule has 2 unspecified atom stereocenters. The second-order valence-electron chi connectivity index (χ2n) is 11.2. The number of hydrazone groups is 1. The van der Waals surface area contributed by atoms with Crippen LogP contribution in [-0.2, 0) is 33.8 Å². The average Bonchev–Trinajstić information content (AvgIpc) is 3.02. The Hall–Kier alpha value is -2.98. The maximum atomic E-state index is 12.8. The fourth-order valence-electron chi connectivity index (χ4n) is 4.58. The van der Waals surface area contributed by atoms with Gasteiger partial charge >= 0.3 is 11.9 Å². The molecule has 1 aromatic rings. The summed E-state index contributed by atoms with van der Waals surface area (Å²) in [6.45, 7) is 13.2. The Morgan fingerprint density at radius 2 is 1.85 bits per heavy atom. The Kier molecular flexibility index (Phi) is 13.2. The van der Waals surface area contributed by atoms with Gasteiger partial charge in [-0.3, -0.25) is 9.59 Å². The number of esters is 2. The normalized spacial score (nSPS) is 21.5. The monoisotopic (exact) mass is 590 g/mol. The first kappa shape index (κ1) is 34.2. The molecule has 9 nitrogen and oxygen atoms in total. The molecule has 2 rings (SSSR count). The summed E-state index contributed by atoms with van der Waals surface area (Å²) in [5.74, 6) is -0.710. The molecule has 1 aliphatic rings. The molecular weight excluding hydrogens is 544 g/mol. The number of nitrogens with one attached hydrogen (secondary N) is 1. The van der Waals surface area contributed by atoms with E-state index in [1.807, 2.05) is 46.8 Å². The Bertz CT molecular complexity index is 1230. The molecule has 0 radical (unpaired) electrons. The number of allylic oxidation sites excluding steroid dienone is 2. The second-order valence-corrected chi connectivity index (χ2v) is 12.9. The van der Waals surface area contributed by atoms with Crippen LogP contribution < -0.4 is 4.83 Å². The van der Waals surface area contributed by atoms with Gasteiger partial charge in [-0.1, -0.05) is 36.3 Å². The largest absolute Gasteiger partial charge is 0.462 e. The Labute approximate surface area is 245 Å². The van der Waals surface area contributed by atoms with Crippen molar-refractivity contribution in [2.45, 2.75) is 104 Å². The van der Waals surface area contributed by atoms with E-state index >= 15 is 0 Å². The number of benzene rings is 1. The second kappa shape index (κ2) is 15.9. The summed E-state index contributed by atoms with van der Waals surface area (Å²) >= 11 is 0. The maximum Gasteiger partial charge on any atom is 0.303 e. The molecule has 0 spiro atoms. The van der Waals surface area contributed by atoms with Crippen molar-refractivity contribution in [1.29, 1.82) is 0 Å². The number of rotatable bonds is 13. The molecule has 0 aliphatic carbocycles. The summed E-state index contributed by atoms with van der Waals surface area (Å²) in [5.41, 5.74) is 3.12. The van der Waals surface area contributed by atoms with E-state index in [1.54, 1.807) is 24.3 Å². The minimum absolute atomic E-state index is 0.00735. The molecule has 0 saturated carbocycles. The molecule has 0 aromatic heterocycles. The van der Waals surface area contributed by atoms with Gasteiger partial charge < -0.3 is 14.2 Å². The van der Waals surface area contributed by atoms with E-state index in [9.17, 15) is 18.0 Å². The molecule has 10 heteroatoms. The van der Waals surface area contributed by atoms with Gasteiger partial charge in [-0.15, -0.1) is 0 Å². The first-order chi connectivity index (χ1) is 19.2. The van der Waals surface area contributed by atoms with Crippen LogP contribution in [0.5, 0.6) is 0 Å². The van der Waals surface area contributed by atoms with Gasteiger partial charge in [0.25, 0.3) is 10.0 Å². The van der Waals surface area contributed by atoms with Crippen LogP contribution in [0.15, 0.2) is 57.6 Å². The van der Waals surface area contributed by atoms with E-state index < -0.39 is 21.7 Å². The van der Waals surface area contributed by atoms with Crippen LogP contribution in [0.25, 0.3) is 0 Å². The van der Waals surface area contributed by atoms with Crippen molar-refractivity contribution in [2.24, 2.45) is 11.0 Å². The van der Waals surface area contributed by atoms with Crippen LogP contribution in [0.3, 0.4) is 0 Å².